The Balaban J connectivity index is 1.77. The number of halogens is 1. The summed E-state index contributed by atoms with van der Waals surface area (Å²) >= 11 is 5.92. The number of sulfonamides is 1. The quantitative estimate of drug-likeness (QED) is 0.339. The van der Waals surface area contributed by atoms with Gasteiger partial charge in [0.1, 0.15) is 23.5 Å². The van der Waals surface area contributed by atoms with Crippen LogP contribution in [0.25, 0.3) is 5.69 Å². The van der Waals surface area contributed by atoms with E-state index in [2.05, 4.69) is 34.9 Å². The highest BCUT2D eigenvalue weighted by molar-refractivity contribution is 7.93. The molecule has 14 nitrogen and oxygen atoms in total. The standard InChI is InChI=1S/C22H29ClN8O6S/c1-5-7-37-17(18-24-9-15(23)10-25-18)13(2)38(32,33)30-22-29-28-19(14-6-8-36-11-14)31(22)16-20(34-3)26-12-27-21(16)35-4/h9-10,12-14,17H,5-8,11H2,1-4H3,(H,29,30)/t13-,14-,17+/m0/s1. The number of methoxy groups -OCH3 is 2. The Labute approximate surface area is 225 Å². The lowest BCUT2D eigenvalue weighted by molar-refractivity contribution is 0.0466. The van der Waals surface area contributed by atoms with Crippen molar-refractivity contribution in [2.24, 2.45) is 0 Å². The molecular formula is C22H29ClN8O6S. The van der Waals surface area contributed by atoms with Crippen LogP contribution < -0.4 is 14.2 Å². The average molecular weight is 569 g/mol. The van der Waals surface area contributed by atoms with Crippen LogP contribution in [0.1, 0.15) is 50.4 Å². The predicted octanol–water partition coefficient (Wildman–Crippen LogP) is 2.32. The largest absolute Gasteiger partial charge is 0.479 e. The Morgan fingerprint density at radius 2 is 1.84 bits per heavy atom. The van der Waals surface area contributed by atoms with Crippen LogP contribution in [0.5, 0.6) is 11.8 Å². The third kappa shape index (κ3) is 5.80. The summed E-state index contributed by atoms with van der Waals surface area (Å²) < 4.78 is 53.7. The number of anilines is 1. The average Bonchev–Trinajstić information content (AvgIpc) is 3.59. The molecule has 3 atom stereocenters. The lowest BCUT2D eigenvalue weighted by Crippen LogP contribution is -2.34. The summed E-state index contributed by atoms with van der Waals surface area (Å²) in [4.78, 5) is 16.7. The second-order valence-corrected chi connectivity index (χ2v) is 10.9. The van der Waals surface area contributed by atoms with Crippen LogP contribution in [-0.2, 0) is 19.5 Å². The van der Waals surface area contributed by atoms with Crippen molar-refractivity contribution < 1.29 is 27.4 Å². The number of aromatic nitrogens is 7. The molecule has 4 heterocycles. The zero-order valence-corrected chi connectivity index (χ0v) is 22.9. The highest BCUT2D eigenvalue weighted by Gasteiger charge is 2.36. The molecule has 3 aromatic heterocycles. The van der Waals surface area contributed by atoms with Crippen molar-refractivity contribution in [2.45, 2.75) is 44.0 Å². The van der Waals surface area contributed by atoms with Crippen LogP contribution in [0.3, 0.4) is 0 Å². The summed E-state index contributed by atoms with van der Waals surface area (Å²) in [7, 11) is -1.28. The summed E-state index contributed by atoms with van der Waals surface area (Å²) in [6, 6.07) is 0. The summed E-state index contributed by atoms with van der Waals surface area (Å²) in [6.07, 6.45) is 4.41. The minimum atomic E-state index is -4.15. The zero-order chi connectivity index (χ0) is 27.3. The Hall–Kier alpha value is -3.14. The number of nitrogens with zero attached hydrogens (tertiary/aromatic N) is 7. The molecule has 38 heavy (non-hydrogen) atoms. The molecule has 0 aromatic carbocycles. The van der Waals surface area contributed by atoms with Crippen LogP contribution in [0.4, 0.5) is 5.95 Å². The Morgan fingerprint density at radius 1 is 1.16 bits per heavy atom. The predicted molar refractivity (Wildman–Crippen MR) is 136 cm³/mol. The maximum absolute atomic E-state index is 13.7. The molecule has 1 fully saturated rings. The second-order valence-electron chi connectivity index (χ2n) is 8.42. The molecule has 0 radical (unpaired) electrons. The van der Waals surface area contributed by atoms with Crippen LogP contribution in [0, 0.1) is 0 Å². The molecule has 0 unspecified atom stereocenters. The van der Waals surface area contributed by atoms with Gasteiger partial charge in [-0.05, 0) is 19.8 Å². The van der Waals surface area contributed by atoms with Gasteiger partial charge in [0, 0.05) is 31.5 Å². The van der Waals surface area contributed by atoms with Gasteiger partial charge in [0.25, 0.3) is 0 Å². The third-order valence-electron chi connectivity index (χ3n) is 5.89. The molecule has 206 valence electrons. The van der Waals surface area contributed by atoms with E-state index < -0.39 is 21.4 Å². The smallest absolute Gasteiger partial charge is 0.245 e. The first kappa shape index (κ1) is 27.9. The van der Waals surface area contributed by atoms with Gasteiger partial charge in [0.05, 0.1) is 25.8 Å². The maximum atomic E-state index is 13.7. The van der Waals surface area contributed by atoms with Gasteiger partial charge in [-0.2, -0.15) is 9.97 Å². The van der Waals surface area contributed by atoms with Gasteiger partial charge >= 0.3 is 0 Å². The van der Waals surface area contributed by atoms with Crippen LogP contribution in [0.2, 0.25) is 5.02 Å². The normalized spacial score (nSPS) is 17.2. The second kappa shape index (κ2) is 12.1. The fourth-order valence-corrected chi connectivity index (χ4v) is 5.14. The fourth-order valence-electron chi connectivity index (χ4n) is 3.94. The van der Waals surface area contributed by atoms with Gasteiger partial charge < -0.3 is 18.9 Å². The summed E-state index contributed by atoms with van der Waals surface area (Å²) in [5.74, 6) is 0.658. The molecule has 1 aliphatic heterocycles. The molecule has 0 spiro atoms. The number of nitrogens with one attached hydrogen (secondary N) is 1. The van der Waals surface area contributed by atoms with Crippen molar-refractivity contribution in [3.05, 3.63) is 35.4 Å². The topological polar surface area (TPSA) is 165 Å². The summed E-state index contributed by atoms with van der Waals surface area (Å²) in [6.45, 7) is 4.64. The van der Waals surface area contributed by atoms with Crippen molar-refractivity contribution in [1.29, 1.82) is 0 Å². The SMILES string of the molecule is CCCO[C@@H](c1ncc(Cl)cn1)[C@H](C)S(=O)(=O)Nc1nnc([C@H]2CCOC2)n1-c1c(OC)ncnc1OC. The van der Waals surface area contributed by atoms with E-state index in [1.165, 1.54) is 44.4 Å². The molecule has 0 aliphatic carbocycles. The van der Waals surface area contributed by atoms with Gasteiger partial charge in [0.2, 0.25) is 27.7 Å². The van der Waals surface area contributed by atoms with E-state index in [1.54, 1.807) is 0 Å². The first-order valence-electron chi connectivity index (χ1n) is 11.9. The summed E-state index contributed by atoms with van der Waals surface area (Å²) in [5, 5.41) is 7.66. The zero-order valence-electron chi connectivity index (χ0n) is 21.4. The molecule has 0 saturated carbocycles. The number of ether oxygens (including phenoxy) is 4. The van der Waals surface area contributed by atoms with E-state index >= 15 is 0 Å². The number of hydrogen-bond donors (Lipinski definition) is 1. The Kier molecular flexibility index (Phi) is 8.91. The number of hydrogen-bond acceptors (Lipinski definition) is 12. The Morgan fingerprint density at radius 3 is 2.42 bits per heavy atom. The van der Waals surface area contributed by atoms with Gasteiger partial charge in [0.15, 0.2) is 11.5 Å². The molecular weight excluding hydrogens is 540 g/mol. The Bertz CT molecular complexity index is 1310. The molecule has 0 bridgehead atoms. The lowest BCUT2D eigenvalue weighted by Gasteiger charge is -2.24. The first-order chi connectivity index (χ1) is 18.3. The van der Waals surface area contributed by atoms with Crippen LogP contribution >= 0.6 is 11.6 Å². The fraction of sp³-hybridized carbons (Fsp3) is 0.545. The van der Waals surface area contributed by atoms with Gasteiger partial charge in [-0.1, -0.05) is 18.5 Å². The molecule has 1 aliphatic rings. The van der Waals surface area contributed by atoms with E-state index in [0.717, 1.165) is 0 Å². The molecule has 3 aromatic rings. The first-order valence-corrected chi connectivity index (χ1v) is 13.8. The monoisotopic (exact) mass is 568 g/mol. The van der Waals surface area contributed by atoms with E-state index in [4.69, 9.17) is 30.5 Å². The highest BCUT2D eigenvalue weighted by atomic mass is 35.5. The lowest BCUT2D eigenvalue weighted by atomic mass is 10.1. The minimum absolute atomic E-state index is 0.101. The molecule has 0 amide bonds. The maximum Gasteiger partial charge on any atom is 0.245 e. The van der Waals surface area contributed by atoms with E-state index in [0.29, 0.717) is 43.5 Å². The van der Waals surface area contributed by atoms with Gasteiger partial charge in [-0.25, -0.2) is 18.4 Å². The van der Waals surface area contributed by atoms with E-state index in [-0.39, 0.29) is 35.1 Å². The molecule has 1 N–H and O–H groups in total. The van der Waals surface area contributed by atoms with Crippen molar-refractivity contribution >= 4 is 27.6 Å². The van der Waals surface area contributed by atoms with E-state index in [1.807, 2.05) is 6.92 Å². The minimum Gasteiger partial charge on any atom is -0.479 e. The van der Waals surface area contributed by atoms with Gasteiger partial charge in [-0.15, -0.1) is 10.2 Å². The highest BCUT2D eigenvalue weighted by Crippen LogP contribution is 2.36. The molecule has 4 rings (SSSR count). The van der Waals surface area contributed by atoms with Crippen LogP contribution in [-0.4, -0.2) is 82.4 Å². The third-order valence-corrected chi connectivity index (χ3v) is 7.78. The summed E-state index contributed by atoms with van der Waals surface area (Å²) in [5.41, 5.74) is 0.245. The van der Waals surface area contributed by atoms with Crippen molar-refractivity contribution in [2.75, 3.05) is 38.8 Å². The number of rotatable bonds is 12. The molecule has 16 heteroatoms. The van der Waals surface area contributed by atoms with Gasteiger partial charge in [-0.3, -0.25) is 9.29 Å². The van der Waals surface area contributed by atoms with Crippen LogP contribution in [0.15, 0.2) is 18.7 Å². The van der Waals surface area contributed by atoms with Crippen molar-refractivity contribution in [1.82, 2.24) is 34.7 Å². The van der Waals surface area contributed by atoms with Crippen molar-refractivity contribution in [3.8, 4) is 17.4 Å². The van der Waals surface area contributed by atoms with E-state index in [9.17, 15) is 8.42 Å². The molecule has 1 saturated heterocycles. The van der Waals surface area contributed by atoms with Crippen molar-refractivity contribution in [3.63, 3.8) is 0 Å².